The fraction of sp³-hybridized carbons (Fsp3) is 1.00. The second-order valence-electron chi connectivity index (χ2n) is 6.97. The first-order valence-electron chi connectivity index (χ1n) is 8.68. The topological polar surface area (TPSA) is 24.5 Å². The van der Waals surface area contributed by atoms with E-state index in [2.05, 4.69) is 38.0 Å². The fourth-order valence-electron chi connectivity index (χ4n) is 4.13. The molecule has 1 N–H and O–H groups in total. The monoisotopic (exact) mass is 282 g/mol. The van der Waals surface area contributed by atoms with Crippen LogP contribution >= 0.6 is 0 Å². The summed E-state index contributed by atoms with van der Waals surface area (Å²) < 4.78 is 5.79. The predicted molar refractivity (Wildman–Crippen MR) is 85.0 cm³/mol. The lowest BCUT2D eigenvalue weighted by Crippen LogP contribution is -2.55. The zero-order chi connectivity index (χ0) is 14.5. The van der Waals surface area contributed by atoms with Crippen molar-refractivity contribution >= 4 is 0 Å². The third-order valence-electron chi connectivity index (χ3n) is 5.52. The van der Waals surface area contributed by atoms with Crippen LogP contribution in [0.4, 0.5) is 0 Å². The zero-order valence-electron chi connectivity index (χ0n) is 13.9. The van der Waals surface area contributed by atoms with Gasteiger partial charge in [-0.3, -0.25) is 4.90 Å². The van der Waals surface area contributed by atoms with Gasteiger partial charge in [0.1, 0.15) is 0 Å². The first-order chi connectivity index (χ1) is 9.65. The second-order valence-corrected chi connectivity index (χ2v) is 6.97. The highest BCUT2D eigenvalue weighted by Crippen LogP contribution is 2.34. The van der Waals surface area contributed by atoms with E-state index in [1.165, 1.54) is 45.2 Å². The van der Waals surface area contributed by atoms with E-state index < -0.39 is 0 Å². The Balaban J connectivity index is 1.91. The van der Waals surface area contributed by atoms with Gasteiger partial charge in [-0.1, -0.05) is 13.8 Å². The van der Waals surface area contributed by atoms with Gasteiger partial charge < -0.3 is 10.1 Å². The number of likely N-dealkylation sites (tertiary alicyclic amines) is 1. The third-order valence-corrected chi connectivity index (χ3v) is 5.52. The van der Waals surface area contributed by atoms with Crippen molar-refractivity contribution in [2.24, 2.45) is 11.8 Å². The van der Waals surface area contributed by atoms with E-state index in [9.17, 15) is 0 Å². The Hall–Kier alpha value is -0.120. The minimum atomic E-state index is 0.508. The maximum Gasteiger partial charge on any atom is 0.0599 e. The molecule has 20 heavy (non-hydrogen) atoms. The van der Waals surface area contributed by atoms with E-state index in [0.717, 1.165) is 24.5 Å². The van der Waals surface area contributed by atoms with Crippen LogP contribution in [0.25, 0.3) is 0 Å². The summed E-state index contributed by atoms with van der Waals surface area (Å²) in [6, 6.07) is 1.43. The van der Waals surface area contributed by atoms with Crippen molar-refractivity contribution in [3.63, 3.8) is 0 Å². The Labute approximate surface area is 125 Å². The van der Waals surface area contributed by atoms with Gasteiger partial charge in [-0.2, -0.15) is 0 Å². The molecular weight excluding hydrogens is 248 g/mol. The lowest BCUT2D eigenvalue weighted by molar-refractivity contribution is -0.0112. The molecule has 2 fully saturated rings. The van der Waals surface area contributed by atoms with E-state index in [4.69, 9.17) is 4.74 Å². The van der Waals surface area contributed by atoms with E-state index in [1.54, 1.807) is 0 Å². The van der Waals surface area contributed by atoms with Crippen LogP contribution in [0.15, 0.2) is 0 Å². The number of nitrogens with one attached hydrogen (secondary N) is 1. The smallest absolute Gasteiger partial charge is 0.0599 e. The number of ether oxygens (including phenoxy) is 1. The SMILES string of the molecule is CCOC1CCN(C2CC(C(C)C)CCC2NC)CC1. The number of likely N-dealkylation sites (N-methyl/N-ethyl adjacent to an activating group) is 1. The third kappa shape index (κ3) is 3.96. The Kier molecular flexibility index (Phi) is 6.31. The van der Waals surface area contributed by atoms with Gasteiger partial charge in [-0.05, 0) is 57.9 Å². The molecule has 2 aliphatic rings. The Bertz CT molecular complexity index is 274. The van der Waals surface area contributed by atoms with Crippen molar-refractivity contribution in [2.75, 3.05) is 26.7 Å². The summed E-state index contributed by atoms with van der Waals surface area (Å²) in [6.07, 6.45) is 7.06. The minimum absolute atomic E-state index is 0.508. The van der Waals surface area contributed by atoms with E-state index in [1.807, 2.05) is 0 Å². The van der Waals surface area contributed by atoms with E-state index in [0.29, 0.717) is 12.1 Å². The summed E-state index contributed by atoms with van der Waals surface area (Å²) in [5.41, 5.74) is 0. The highest BCUT2D eigenvalue weighted by Gasteiger charge is 2.36. The van der Waals surface area contributed by atoms with Crippen molar-refractivity contribution in [3.05, 3.63) is 0 Å². The standard InChI is InChI=1S/C17H34N2O/c1-5-20-15-8-10-19(11-9-15)17-12-14(13(2)3)6-7-16(17)18-4/h13-18H,5-12H2,1-4H3. The van der Waals surface area contributed by atoms with Gasteiger partial charge in [-0.25, -0.2) is 0 Å². The minimum Gasteiger partial charge on any atom is -0.378 e. The molecule has 0 aromatic heterocycles. The summed E-state index contributed by atoms with van der Waals surface area (Å²) in [5.74, 6) is 1.74. The molecular formula is C17H34N2O. The number of nitrogens with zero attached hydrogens (tertiary/aromatic N) is 1. The molecule has 3 atom stereocenters. The van der Waals surface area contributed by atoms with Gasteiger partial charge >= 0.3 is 0 Å². The van der Waals surface area contributed by atoms with Crippen molar-refractivity contribution in [3.8, 4) is 0 Å². The largest absolute Gasteiger partial charge is 0.378 e. The van der Waals surface area contributed by atoms with Crippen LogP contribution in [0.3, 0.4) is 0 Å². The van der Waals surface area contributed by atoms with Gasteiger partial charge in [0.05, 0.1) is 6.10 Å². The Morgan fingerprint density at radius 3 is 2.40 bits per heavy atom. The molecule has 3 nitrogen and oxygen atoms in total. The summed E-state index contributed by atoms with van der Waals surface area (Å²) in [5, 5.41) is 3.57. The van der Waals surface area contributed by atoms with E-state index >= 15 is 0 Å². The van der Waals surface area contributed by atoms with Gasteiger partial charge in [0.2, 0.25) is 0 Å². The van der Waals surface area contributed by atoms with Crippen molar-refractivity contribution in [1.82, 2.24) is 10.2 Å². The van der Waals surface area contributed by atoms with Crippen LogP contribution in [0.1, 0.15) is 52.9 Å². The lowest BCUT2D eigenvalue weighted by Gasteiger charge is -2.46. The van der Waals surface area contributed by atoms with Crippen molar-refractivity contribution in [1.29, 1.82) is 0 Å². The van der Waals surface area contributed by atoms with Crippen molar-refractivity contribution in [2.45, 2.75) is 71.1 Å². The maximum atomic E-state index is 5.79. The molecule has 1 saturated heterocycles. The molecule has 118 valence electrons. The van der Waals surface area contributed by atoms with Crippen LogP contribution < -0.4 is 5.32 Å². The fourth-order valence-corrected chi connectivity index (χ4v) is 4.13. The average Bonchev–Trinajstić information content (AvgIpc) is 2.47. The average molecular weight is 282 g/mol. The van der Waals surface area contributed by atoms with Crippen molar-refractivity contribution < 1.29 is 4.74 Å². The summed E-state index contributed by atoms with van der Waals surface area (Å²) >= 11 is 0. The molecule has 1 saturated carbocycles. The van der Waals surface area contributed by atoms with Gasteiger partial charge in [0.15, 0.2) is 0 Å². The first-order valence-corrected chi connectivity index (χ1v) is 8.68. The van der Waals surface area contributed by atoms with E-state index in [-0.39, 0.29) is 0 Å². The summed E-state index contributed by atoms with van der Waals surface area (Å²) in [4.78, 5) is 2.74. The van der Waals surface area contributed by atoms with Gasteiger partial charge in [0.25, 0.3) is 0 Å². The molecule has 3 unspecified atom stereocenters. The molecule has 0 radical (unpaired) electrons. The van der Waals surface area contributed by atoms with Crippen LogP contribution in [0.5, 0.6) is 0 Å². The molecule has 0 amide bonds. The highest BCUT2D eigenvalue weighted by molar-refractivity contribution is 4.93. The number of hydrogen-bond acceptors (Lipinski definition) is 3. The van der Waals surface area contributed by atoms with Gasteiger partial charge in [-0.15, -0.1) is 0 Å². The molecule has 0 aromatic rings. The van der Waals surface area contributed by atoms with Crippen LogP contribution in [-0.4, -0.2) is 49.8 Å². The molecule has 1 heterocycles. The van der Waals surface area contributed by atoms with Gasteiger partial charge in [0, 0.05) is 31.8 Å². The highest BCUT2D eigenvalue weighted by atomic mass is 16.5. The molecule has 3 heteroatoms. The summed E-state index contributed by atoms with van der Waals surface area (Å²) in [7, 11) is 2.14. The number of rotatable bonds is 5. The normalized spacial score (nSPS) is 33.8. The predicted octanol–water partition coefficient (Wildman–Crippen LogP) is 2.90. The zero-order valence-corrected chi connectivity index (χ0v) is 13.9. The molecule has 0 spiro atoms. The Morgan fingerprint density at radius 2 is 1.85 bits per heavy atom. The van der Waals surface area contributed by atoms with Crippen LogP contribution in [-0.2, 0) is 4.74 Å². The first kappa shape index (κ1) is 16.3. The quantitative estimate of drug-likeness (QED) is 0.839. The number of hydrogen-bond donors (Lipinski definition) is 1. The molecule has 0 aromatic carbocycles. The molecule has 1 aliphatic carbocycles. The van der Waals surface area contributed by atoms with Crippen LogP contribution in [0, 0.1) is 11.8 Å². The molecule has 2 rings (SSSR count). The summed E-state index contributed by atoms with van der Waals surface area (Å²) in [6.45, 7) is 10.2. The second kappa shape index (κ2) is 7.77. The van der Waals surface area contributed by atoms with Crippen LogP contribution in [0.2, 0.25) is 0 Å². The Morgan fingerprint density at radius 1 is 1.15 bits per heavy atom. The number of piperidine rings is 1. The maximum absolute atomic E-state index is 5.79. The molecule has 0 bridgehead atoms. The lowest BCUT2D eigenvalue weighted by atomic mass is 9.76. The molecule has 1 aliphatic heterocycles.